The summed E-state index contributed by atoms with van der Waals surface area (Å²) < 4.78 is 4.60. The first kappa shape index (κ1) is 10.4. The number of aromatic nitrogens is 1. The molecule has 1 fully saturated rings. The Morgan fingerprint density at radius 1 is 1.60 bits per heavy atom. The van der Waals surface area contributed by atoms with Crippen LogP contribution in [0, 0.1) is 0 Å². The Hall–Kier alpha value is -1.10. The number of rotatable bonds is 3. The van der Waals surface area contributed by atoms with Crippen LogP contribution in [-0.4, -0.2) is 31.2 Å². The van der Waals surface area contributed by atoms with Gasteiger partial charge in [0.2, 0.25) is 0 Å². The van der Waals surface area contributed by atoms with E-state index < -0.39 is 0 Å². The third-order valence-corrected chi connectivity index (χ3v) is 3.42. The highest BCUT2D eigenvalue weighted by Gasteiger charge is 2.16. The summed E-state index contributed by atoms with van der Waals surface area (Å²) in [5.41, 5.74) is 0.814. The average Bonchev–Trinajstić information content (AvgIpc) is 2.85. The van der Waals surface area contributed by atoms with Gasteiger partial charge in [-0.15, -0.1) is 11.3 Å². The zero-order chi connectivity index (χ0) is 10.7. The van der Waals surface area contributed by atoms with Gasteiger partial charge < -0.3 is 9.64 Å². The molecule has 2 heterocycles. The molecule has 15 heavy (non-hydrogen) atoms. The zero-order valence-electron chi connectivity index (χ0n) is 8.73. The molecule has 2 rings (SSSR count). The second-order valence-corrected chi connectivity index (χ2v) is 4.41. The Labute approximate surface area is 92.9 Å². The predicted molar refractivity (Wildman–Crippen MR) is 59.3 cm³/mol. The summed E-state index contributed by atoms with van der Waals surface area (Å²) in [4.78, 5) is 17.7. The molecular formula is C10H14N2O2S. The van der Waals surface area contributed by atoms with E-state index in [0.717, 1.165) is 23.9 Å². The summed E-state index contributed by atoms with van der Waals surface area (Å²) in [5.74, 6) is -0.228. The molecule has 0 bridgehead atoms. The van der Waals surface area contributed by atoms with Crippen molar-refractivity contribution in [1.29, 1.82) is 0 Å². The first-order chi connectivity index (χ1) is 7.29. The lowest BCUT2D eigenvalue weighted by Gasteiger charge is -2.12. The molecule has 82 valence electrons. The highest BCUT2D eigenvalue weighted by atomic mass is 32.1. The molecule has 0 saturated carbocycles. The maximum absolute atomic E-state index is 11.0. The van der Waals surface area contributed by atoms with Crippen molar-refractivity contribution in [2.45, 2.75) is 19.3 Å². The summed E-state index contributed by atoms with van der Waals surface area (Å²) >= 11 is 1.61. The molecule has 0 unspecified atom stereocenters. The van der Waals surface area contributed by atoms with Gasteiger partial charge in [0.15, 0.2) is 5.13 Å². The van der Waals surface area contributed by atoms with Crippen LogP contribution in [0.5, 0.6) is 0 Å². The van der Waals surface area contributed by atoms with E-state index in [1.165, 1.54) is 20.0 Å². The van der Waals surface area contributed by atoms with E-state index in [2.05, 4.69) is 14.6 Å². The van der Waals surface area contributed by atoms with Gasteiger partial charge in [-0.05, 0) is 12.8 Å². The largest absolute Gasteiger partial charge is 0.469 e. The number of hydrogen-bond donors (Lipinski definition) is 0. The Kier molecular flexibility index (Phi) is 3.20. The summed E-state index contributed by atoms with van der Waals surface area (Å²) in [5, 5.41) is 2.97. The maximum atomic E-state index is 11.0. The first-order valence-corrected chi connectivity index (χ1v) is 5.94. The van der Waals surface area contributed by atoms with Crippen LogP contribution >= 0.6 is 11.3 Å². The second kappa shape index (κ2) is 4.61. The molecule has 1 saturated heterocycles. The van der Waals surface area contributed by atoms with Gasteiger partial charge in [-0.1, -0.05) is 0 Å². The number of carbonyl (C=O) groups is 1. The number of methoxy groups -OCH3 is 1. The molecule has 1 aliphatic rings. The molecule has 0 radical (unpaired) electrons. The zero-order valence-corrected chi connectivity index (χ0v) is 9.55. The molecule has 0 N–H and O–H groups in total. The van der Waals surface area contributed by atoms with Crippen LogP contribution in [0.1, 0.15) is 18.5 Å². The van der Waals surface area contributed by atoms with Gasteiger partial charge in [-0.3, -0.25) is 4.79 Å². The quantitative estimate of drug-likeness (QED) is 0.732. The molecule has 4 nitrogen and oxygen atoms in total. The topological polar surface area (TPSA) is 42.4 Å². The normalized spacial score (nSPS) is 15.7. The lowest BCUT2D eigenvalue weighted by atomic mass is 10.3. The van der Waals surface area contributed by atoms with Gasteiger partial charge in [0, 0.05) is 18.5 Å². The fourth-order valence-electron chi connectivity index (χ4n) is 1.65. The van der Waals surface area contributed by atoms with E-state index in [1.54, 1.807) is 11.3 Å². The number of anilines is 1. The van der Waals surface area contributed by atoms with E-state index in [9.17, 15) is 4.79 Å². The summed E-state index contributed by atoms with van der Waals surface area (Å²) in [7, 11) is 1.40. The van der Waals surface area contributed by atoms with E-state index >= 15 is 0 Å². The number of carbonyl (C=O) groups excluding carboxylic acids is 1. The van der Waals surface area contributed by atoms with Crippen molar-refractivity contribution in [3.63, 3.8) is 0 Å². The molecular weight excluding hydrogens is 212 g/mol. The molecule has 5 heteroatoms. The molecule has 0 aromatic carbocycles. The monoisotopic (exact) mass is 226 g/mol. The van der Waals surface area contributed by atoms with Gasteiger partial charge >= 0.3 is 5.97 Å². The summed E-state index contributed by atoms with van der Waals surface area (Å²) in [6.07, 6.45) is 2.76. The number of esters is 1. The molecule has 0 amide bonds. The molecule has 1 aromatic rings. The van der Waals surface area contributed by atoms with Gasteiger partial charge in [0.1, 0.15) is 0 Å². The highest BCUT2D eigenvalue weighted by molar-refractivity contribution is 7.13. The molecule has 0 atom stereocenters. The Morgan fingerprint density at radius 2 is 2.33 bits per heavy atom. The second-order valence-electron chi connectivity index (χ2n) is 3.57. The third-order valence-electron chi connectivity index (χ3n) is 2.47. The minimum absolute atomic E-state index is 0.228. The lowest BCUT2D eigenvalue weighted by molar-refractivity contribution is -0.139. The minimum Gasteiger partial charge on any atom is -0.469 e. The smallest absolute Gasteiger partial charge is 0.311 e. The average molecular weight is 226 g/mol. The van der Waals surface area contributed by atoms with Gasteiger partial charge in [0.25, 0.3) is 0 Å². The molecule has 1 aromatic heterocycles. The van der Waals surface area contributed by atoms with Crippen LogP contribution < -0.4 is 4.90 Å². The van der Waals surface area contributed by atoms with Gasteiger partial charge in [-0.25, -0.2) is 4.98 Å². The van der Waals surface area contributed by atoms with Crippen molar-refractivity contribution in [2.75, 3.05) is 25.1 Å². The van der Waals surface area contributed by atoms with Crippen LogP contribution in [0.3, 0.4) is 0 Å². The molecule has 0 aliphatic carbocycles. The number of ether oxygens (including phenoxy) is 1. The van der Waals surface area contributed by atoms with Crippen LogP contribution in [-0.2, 0) is 16.0 Å². The van der Waals surface area contributed by atoms with Crippen LogP contribution in [0.15, 0.2) is 5.38 Å². The minimum atomic E-state index is -0.228. The molecule has 1 aliphatic heterocycles. The van der Waals surface area contributed by atoms with Crippen molar-refractivity contribution < 1.29 is 9.53 Å². The van der Waals surface area contributed by atoms with Crippen molar-refractivity contribution >= 4 is 22.4 Å². The van der Waals surface area contributed by atoms with E-state index in [-0.39, 0.29) is 12.4 Å². The Balaban J connectivity index is 2.00. The van der Waals surface area contributed by atoms with E-state index in [0.29, 0.717) is 0 Å². The number of thiazole rings is 1. The van der Waals surface area contributed by atoms with Crippen LogP contribution in [0.2, 0.25) is 0 Å². The van der Waals surface area contributed by atoms with E-state index in [1.807, 2.05) is 5.38 Å². The first-order valence-electron chi connectivity index (χ1n) is 5.06. The summed E-state index contributed by atoms with van der Waals surface area (Å²) in [6.45, 7) is 2.18. The fourth-order valence-corrected chi connectivity index (χ4v) is 2.53. The van der Waals surface area contributed by atoms with Crippen LogP contribution in [0.4, 0.5) is 5.13 Å². The number of hydrogen-bond acceptors (Lipinski definition) is 5. The lowest BCUT2D eigenvalue weighted by Crippen LogP contribution is -2.17. The highest BCUT2D eigenvalue weighted by Crippen LogP contribution is 2.24. The van der Waals surface area contributed by atoms with Crippen molar-refractivity contribution in [1.82, 2.24) is 4.98 Å². The van der Waals surface area contributed by atoms with Crippen molar-refractivity contribution in [3.05, 3.63) is 11.1 Å². The van der Waals surface area contributed by atoms with Gasteiger partial charge in [0.05, 0.1) is 19.2 Å². The van der Waals surface area contributed by atoms with Crippen LogP contribution in [0.25, 0.3) is 0 Å². The summed E-state index contributed by atoms with van der Waals surface area (Å²) in [6, 6.07) is 0. The fraction of sp³-hybridized carbons (Fsp3) is 0.600. The standard InChI is InChI=1S/C10H14N2O2S/c1-14-9(13)6-8-7-15-10(11-8)12-4-2-3-5-12/h7H,2-6H2,1H3. The third kappa shape index (κ3) is 2.47. The Bertz CT molecular complexity index is 345. The Morgan fingerprint density at radius 3 is 3.00 bits per heavy atom. The number of nitrogens with zero attached hydrogens (tertiary/aromatic N) is 2. The van der Waals surface area contributed by atoms with Gasteiger partial charge in [-0.2, -0.15) is 0 Å². The maximum Gasteiger partial charge on any atom is 0.311 e. The van der Waals surface area contributed by atoms with E-state index in [4.69, 9.17) is 0 Å². The molecule has 0 spiro atoms. The van der Waals surface area contributed by atoms with Crippen molar-refractivity contribution in [2.24, 2.45) is 0 Å². The van der Waals surface area contributed by atoms with Crippen molar-refractivity contribution in [3.8, 4) is 0 Å². The SMILES string of the molecule is COC(=O)Cc1csc(N2CCCC2)n1. The predicted octanol–water partition coefficient (Wildman–Crippen LogP) is 1.46.